The van der Waals surface area contributed by atoms with E-state index in [-0.39, 0.29) is 0 Å². The minimum atomic E-state index is 0.811. The van der Waals surface area contributed by atoms with E-state index in [4.69, 9.17) is 5.73 Å². The highest BCUT2D eigenvalue weighted by Crippen LogP contribution is 2.34. The lowest BCUT2D eigenvalue weighted by molar-refractivity contribution is 0.396. The van der Waals surface area contributed by atoms with Gasteiger partial charge in [0.15, 0.2) is 0 Å². The van der Waals surface area contributed by atoms with Gasteiger partial charge < -0.3 is 15.5 Å². The van der Waals surface area contributed by atoms with Gasteiger partial charge in [-0.2, -0.15) is 0 Å². The first-order chi connectivity index (χ1) is 15.5. The summed E-state index contributed by atoms with van der Waals surface area (Å²) in [6.07, 6.45) is 8.75. The number of allylic oxidation sites excluding steroid dienone is 5. The van der Waals surface area contributed by atoms with Crippen LogP contribution in [0.25, 0.3) is 0 Å². The number of nitrogens with two attached hydrogens (primary N) is 1. The number of rotatable bonds is 9. The highest BCUT2D eigenvalue weighted by molar-refractivity contribution is 5.65. The summed E-state index contributed by atoms with van der Waals surface area (Å²) < 4.78 is 0. The molecule has 3 heteroatoms. The maximum absolute atomic E-state index is 6.02. The van der Waals surface area contributed by atoms with E-state index in [2.05, 4.69) is 98.5 Å². The first-order valence-corrected chi connectivity index (χ1v) is 11.3. The number of likely N-dealkylation sites (N-methyl/N-ethyl adjacent to an activating group) is 1. The standard InChI is InChI=1S/C29H35N3/c1-6-31(7-2)23(4)15-16-27(19-30)24(5)28-18-26-13-8-9-14-29(26)32(21-28)20-25-12-10-11-22(3)17-25/h8-17,19,21H,4-7,18,20,30H2,1-3H3/b16-15-,27-19+. The van der Waals surface area contributed by atoms with Gasteiger partial charge in [0.05, 0.1) is 0 Å². The van der Waals surface area contributed by atoms with Crippen molar-refractivity contribution in [3.05, 3.63) is 125 Å². The van der Waals surface area contributed by atoms with Crippen LogP contribution in [0.1, 0.15) is 30.5 Å². The summed E-state index contributed by atoms with van der Waals surface area (Å²) in [5.74, 6) is 0. The Balaban J connectivity index is 1.87. The van der Waals surface area contributed by atoms with Crippen molar-refractivity contribution in [3.8, 4) is 0 Å². The zero-order chi connectivity index (χ0) is 23.1. The number of aryl methyl sites for hydroxylation is 1. The van der Waals surface area contributed by atoms with Crippen LogP contribution < -0.4 is 10.6 Å². The molecule has 0 unspecified atom stereocenters. The summed E-state index contributed by atoms with van der Waals surface area (Å²) in [5, 5.41) is 0. The van der Waals surface area contributed by atoms with Crippen molar-refractivity contribution in [2.24, 2.45) is 5.73 Å². The van der Waals surface area contributed by atoms with Crippen molar-refractivity contribution in [2.75, 3.05) is 18.0 Å². The highest BCUT2D eigenvalue weighted by Gasteiger charge is 2.20. The van der Waals surface area contributed by atoms with E-state index in [1.807, 2.05) is 12.2 Å². The SMILES string of the molecule is C=C(C1=CN(Cc2cccc(C)c2)c2ccccc2C1)C(/C=C\C(=C)N(CC)CC)=C/N. The normalized spacial score (nSPS) is 13.7. The average Bonchev–Trinajstić information content (AvgIpc) is 2.80. The third kappa shape index (κ3) is 5.42. The Morgan fingerprint density at radius 3 is 2.50 bits per heavy atom. The summed E-state index contributed by atoms with van der Waals surface area (Å²) in [5.41, 5.74) is 15.1. The summed E-state index contributed by atoms with van der Waals surface area (Å²) in [6.45, 7) is 17.7. The van der Waals surface area contributed by atoms with Crippen LogP contribution in [0, 0.1) is 6.92 Å². The molecule has 2 N–H and O–H groups in total. The fourth-order valence-corrected chi connectivity index (χ4v) is 4.13. The number of nitrogens with zero attached hydrogens (tertiary/aromatic N) is 2. The van der Waals surface area contributed by atoms with Crippen molar-refractivity contribution in [2.45, 2.75) is 33.7 Å². The number of benzene rings is 2. The third-order valence-electron chi connectivity index (χ3n) is 5.97. The Bertz CT molecular complexity index is 1070. The molecule has 0 radical (unpaired) electrons. The second-order valence-corrected chi connectivity index (χ2v) is 8.17. The molecule has 0 saturated heterocycles. The zero-order valence-corrected chi connectivity index (χ0v) is 19.6. The summed E-state index contributed by atoms with van der Waals surface area (Å²) in [7, 11) is 0. The minimum absolute atomic E-state index is 0.811. The molecule has 1 heterocycles. The van der Waals surface area contributed by atoms with Crippen molar-refractivity contribution >= 4 is 5.69 Å². The van der Waals surface area contributed by atoms with Crippen molar-refractivity contribution < 1.29 is 0 Å². The van der Waals surface area contributed by atoms with Gasteiger partial charge in [-0.05, 0) is 60.8 Å². The Kier molecular flexibility index (Phi) is 7.77. The first kappa shape index (κ1) is 23.2. The molecule has 32 heavy (non-hydrogen) atoms. The fraction of sp³-hybridized carbons (Fsp3) is 0.241. The summed E-state index contributed by atoms with van der Waals surface area (Å²) in [4.78, 5) is 4.54. The third-order valence-corrected chi connectivity index (χ3v) is 5.97. The zero-order valence-electron chi connectivity index (χ0n) is 19.6. The van der Waals surface area contributed by atoms with E-state index in [0.29, 0.717) is 0 Å². The molecule has 3 nitrogen and oxygen atoms in total. The van der Waals surface area contributed by atoms with Crippen LogP contribution in [0.15, 0.2) is 109 Å². The van der Waals surface area contributed by atoms with Gasteiger partial charge in [0, 0.05) is 49.8 Å². The maximum Gasteiger partial charge on any atom is 0.0476 e. The van der Waals surface area contributed by atoms with Crippen LogP contribution in [0.3, 0.4) is 0 Å². The van der Waals surface area contributed by atoms with Gasteiger partial charge >= 0.3 is 0 Å². The molecule has 0 spiro atoms. The molecule has 1 aliphatic heterocycles. The van der Waals surface area contributed by atoms with Crippen LogP contribution in [0.5, 0.6) is 0 Å². The van der Waals surface area contributed by atoms with E-state index in [9.17, 15) is 0 Å². The molecule has 0 saturated carbocycles. The Hall–Kier alpha value is -3.46. The van der Waals surface area contributed by atoms with E-state index in [0.717, 1.165) is 42.9 Å². The number of hydrogen-bond acceptors (Lipinski definition) is 3. The molecule has 0 amide bonds. The van der Waals surface area contributed by atoms with Gasteiger partial charge in [-0.3, -0.25) is 0 Å². The predicted octanol–water partition coefficient (Wildman–Crippen LogP) is 6.25. The van der Waals surface area contributed by atoms with Crippen molar-refractivity contribution in [1.29, 1.82) is 0 Å². The van der Waals surface area contributed by atoms with Gasteiger partial charge in [0.2, 0.25) is 0 Å². The molecule has 2 aromatic carbocycles. The molecule has 0 bridgehead atoms. The number of fused-ring (bicyclic) bond motifs is 1. The van der Waals surface area contributed by atoms with Crippen LogP contribution in [-0.2, 0) is 13.0 Å². The lowest BCUT2D eigenvalue weighted by Gasteiger charge is -2.30. The van der Waals surface area contributed by atoms with E-state index < -0.39 is 0 Å². The molecule has 0 fully saturated rings. The molecule has 0 atom stereocenters. The molecule has 0 aliphatic carbocycles. The largest absolute Gasteiger partial charge is 0.404 e. The maximum atomic E-state index is 6.02. The molecular formula is C29H35N3. The second-order valence-electron chi connectivity index (χ2n) is 8.17. The monoisotopic (exact) mass is 425 g/mol. The Morgan fingerprint density at radius 2 is 1.81 bits per heavy atom. The van der Waals surface area contributed by atoms with E-state index in [1.54, 1.807) is 6.20 Å². The van der Waals surface area contributed by atoms with E-state index >= 15 is 0 Å². The Morgan fingerprint density at radius 1 is 1.06 bits per heavy atom. The second kappa shape index (κ2) is 10.7. The predicted molar refractivity (Wildman–Crippen MR) is 138 cm³/mol. The van der Waals surface area contributed by atoms with Gasteiger partial charge in [0.25, 0.3) is 0 Å². The van der Waals surface area contributed by atoms with Gasteiger partial charge in [-0.1, -0.05) is 67.3 Å². The number of anilines is 1. The fourth-order valence-electron chi connectivity index (χ4n) is 4.13. The summed E-state index contributed by atoms with van der Waals surface area (Å²) >= 11 is 0. The van der Waals surface area contributed by atoms with Gasteiger partial charge in [-0.25, -0.2) is 0 Å². The number of para-hydroxylation sites is 1. The first-order valence-electron chi connectivity index (χ1n) is 11.3. The Labute approximate surface area is 193 Å². The van der Waals surface area contributed by atoms with Gasteiger partial charge in [-0.15, -0.1) is 0 Å². The quantitative estimate of drug-likeness (QED) is 0.482. The lowest BCUT2D eigenvalue weighted by atomic mass is 9.91. The van der Waals surface area contributed by atoms with Crippen LogP contribution in [0.4, 0.5) is 5.69 Å². The lowest BCUT2D eigenvalue weighted by Crippen LogP contribution is -2.22. The number of hydrogen-bond donors (Lipinski definition) is 1. The smallest absolute Gasteiger partial charge is 0.0476 e. The molecule has 1 aliphatic rings. The van der Waals surface area contributed by atoms with E-state index in [1.165, 1.54) is 28.0 Å². The van der Waals surface area contributed by atoms with Gasteiger partial charge in [0.1, 0.15) is 0 Å². The average molecular weight is 426 g/mol. The highest BCUT2D eigenvalue weighted by atomic mass is 15.1. The molecule has 0 aromatic heterocycles. The minimum Gasteiger partial charge on any atom is -0.404 e. The molecular weight excluding hydrogens is 390 g/mol. The molecule has 2 aromatic rings. The van der Waals surface area contributed by atoms with Crippen molar-refractivity contribution in [1.82, 2.24) is 4.90 Å². The van der Waals surface area contributed by atoms with Crippen LogP contribution >= 0.6 is 0 Å². The molecule has 166 valence electrons. The summed E-state index contributed by atoms with van der Waals surface area (Å²) in [6, 6.07) is 17.3. The molecule has 3 rings (SSSR count). The van der Waals surface area contributed by atoms with Crippen molar-refractivity contribution in [3.63, 3.8) is 0 Å². The van der Waals surface area contributed by atoms with Crippen LogP contribution in [-0.4, -0.2) is 18.0 Å². The van der Waals surface area contributed by atoms with Crippen LogP contribution in [0.2, 0.25) is 0 Å². The topological polar surface area (TPSA) is 32.5 Å².